The molecular formula is C37H38N2O6. The predicted molar refractivity (Wildman–Crippen MR) is 174 cm³/mol. The number of ether oxygens (including phenoxy) is 6. The van der Waals surface area contributed by atoms with Crippen LogP contribution in [0.25, 0.3) is 0 Å². The summed E-state index contributed by atoms with van der Waals surface area (Å²) in [6, 6.07) is 30.8. The maximum Gasteiger partial charge on any atom is 0.194 e. The van der Waals surface area contributed by atoms with Crippen molar-refractivity contribution < 1.29 is 28.4 Å². The molecule has 4 aromatic rings. The number of para-hydroxylation sites is 4. The zero-order valence-electron chi connectivity index (χ0n) is 26.4. The van der Waals surface area contributed by atoms with Gasteiger partial charge in [-0.1, -0.05) is 72.8 Å². The normalized spacial score (nSPS) is 19.5. The van der Waals surface area contributed by atoms with Crippen molar-refractivity contribution in [1.82, 2.24) is 0 Å². The standard InChI is InChI=1S/C37H38N2O6/c1-24-36(26-15-7-11-19-30(26)40-3,27-16-8-12-20-31(27)41-4)44-34(38-24)23-35-39-25(2)37(45-35,28-17-9-13-21-32(28)42-5)29-18-10-14-22-33(29)43-6/h7-22,24-25H,23H2,1-6H3/t24-,25-/m1/s1. The monoisotopic (exact) mass is 606 g/mol. The fourth-order valence-corrected chi connectivity index (χ4v) is 6.72. The highest BCUT2D eigenvalue weighted by Gasteiger charge is 2.54. The molecule has 4 aromatic carbocycles. The van der Waals surface area contributed by atoms with Crippen LogP contribution in [-0.4, -0.2) is 52.3 Å². The van der Waals surface area contributed by atoms with Gasteiger partial charge in [0.25, 0.3) is 0 Å². The Morgan fingerprint density at radius 2 is 0.756 bits per heavy atom. The van der Waals surface area contributed by atoms with Gasteiger partial charge in [-0.15, -0.1) is 0 Å². The van der Waals surface area contributed by atoms with E-state index in [0.29, 0.717) is 34.8 Å². The predicted octanol–water partition coefficient (Wildman–Crippen LogP) is 6.93. The summed E-state index contributed by atoms with van der Waals surface area (Å²) >= 11 is 0. The van der Waals surface area contributed by atoms with E-state index in [1.807, 2.05) is 111 Å². The number of nitrogens with zero attached hydrogens (tertiary/aromatic N) is 2. The second kappa shape index (κ2) is 12.2. The zero-order chi connectivity index (χ0) is 31.6. The maximum atomic E-state index is 6.96. The minimum absolute atomic E-state index is 0.243. The lowest BCUT2D eigenvalue weighted by atomic mass is 9.80. The van der Waals surface area contributed by atoms with E-state index in [-0.39, 0.29) is 18.5 Å². The molecule has 0 amide bonds. The topological polar surface area (TPSA) is 80.1 Å². The molecule has 0 fully saturated rings. The second-order valence-corrected chi connectivity index (χ2v) is 11.1. The fourth-order valence-electron chi connectivity index (χ4n) is 6.72. The highest BCUT2D eigenvalue weighted by atomic mass is 16.5. The highest BCUT2D eigenvalue weighted by Crippen LogP contribution is 2.51. The Hall–Kier alpha value is -4.98. The van der Waals surface area contributed by atoms with Crippen LogP contribution in [0.1, 0.15) is 42.5 Å². The molecule has 0 unspecified atom stereocenters. The van der Waals surface area contributed by atoms with Gasteiger partial charge in [-0.05, 0) is 38.1 Å². The molecule has 0 saturated carbocycles. The largest absolute Gasteiger partial charge is 0.496 e. The minimum atomic E-state index is -1.01. The third-order valence-electron chi connectivity index (χ3n) is 8.74. The molecule has 45 heavy (non-hydrogen) atoms. The number of rotatable bonds is 10. The summed E-state index contributed by atoms with van der Waals surface area (Å²) in [5, 5.41) is 0. The Bertz CT molecular complexity index is 1530. The van der Waals surface area contributed by atoms with Crippen LogP contribution < -0.4 is 18.9 Å². The Kier molecular flexibility index (Phi) is 8.14. The van der Waals surface area contributed by atoms with Gasteiger partial charge in [-0.2, -0.15) is 0 Å². The van der Waals surface area contributed by atoms with Crippen molar-refractivity contribution in [2.45, 2.75) is 43.6 Å². The average Bonchev–Trinajstić information content (AvgIpc) is 3.60. The summed E-state index contributed by atoms with van der Waals surface area (Å²) in [5.41, 5.74) is 1.38. The van der Waals surface area contributed by atoms with Gasteiger partial charge in [0.05, 0.1) is 46.9 Å². The maximum absolute atomic E-state index is 6.96. The van der Waals surface area contributed by atoms with E-state index < -0.39 is 11.2 Å². The fraction of sp³-hybridized carbons (Fsp3) is 0.297. The van der Waals surface area contributed by atoms with Crippen molar-refractivity contribution in [2.75, 3.05) is 28.4 Å². The van der Waals surface area contributed by atoms with E-state index in [0.717, 1.165) is 22.3 Å². The van der Waals surface area contributed by atoms with Gasteiger partial charge in [-0.3, -0.25) is 0 Å². The molecule has 0 N–H and O–H groups in total. The van der Waals surface area contributed by atoms with E-state index >= 15 is 0 Å². The van der Waals surface area contributed by atoms with E-state index in [2.05, 4.69) is 0 Å². The van der Waals surface area contributed by atoms with Crippen LogP contribution in [-0.2, 0) is 20.7 Å². The van der Waals surface area contributed by atoms with Crippen LogP contribution >= 0.6 is 0 Å². The molecule has 0 saturated heterocycles. The smallest absolute Gasteiger partial charge is 0.194 e. The number of methoxy groups -OCH3 is 4. The molecule has 0 spiro atoms. The molecule has 2 heterocycles. The van der Waals surface area contributed by atoms with Crippen molar-refractivity contribution in [3.63, 3.8) is 0 Å². The van der Waals surface area contributed by atoms with Crippen LogP contribution in [0.4, 0.5) is 0 Å². The second-order valence-electron chi connectivity index (χ2n) is 11.1. The molecule has 0 bridgehead atoms. The summed E-state index contributed by atoms with van der Waals surface area (Å²) in [5.74, 6) is 3.78. The molecule has 2 aliphatic heterocycles. The minimum Gasteiger partial charge on any atom is -0.496 e. The molecule has 0 radical (unpaired) electrons. The quantitative estimate of drug-likeness (QED) is 0.195. The third-order valence-corrected chi connectivity index (χ3v) is 8.74. The molecule has 8 heteroatoms. The molecule has 0 aromatic heterocycles. The van der Waals surface area contributed by atoms with E-state index in [1.54, 1.807) is 28.4 Å². The summed E-state index contributed by atoms with van der Waals surface area (Å²) < 4.78 is 37.3. The molecule has 6 rings (SSSR count). The van der Waals surface area contributed by atoms with Crippen molar-refractivity contribution in [2.24, 2.45) is 9.98 Å². The third kappa shape index (κ3) is 4.85. The van der Waals surface area contributed by atoms with Crippen LogP contribution in [0, 0.1) is 0 Å². The van der Waals surface area contributed by atoms with Gasteiger partial charge in [0, 0.05) is 22.3 Å². The van der Waals surface area contributed by atoms with Crippen LogP contribution in [0.3, 0.4) is 0 Å². The number of benzene rings is 4. The Morgan fingerprint density at radius 1 is 0.489 bits per heavy atom. The van der Waals surface area contributed by atoms with Gasteiger partial charge in [-0.25, -0.2) is 9.98 Å². The first-order chi connectivity index (χ1) is 21.9. The van der Waals surface area contributed by atoms with E-state index in [4.69, 9.17) is 38.4 Å². The molecule has 232 valence electrons. The van der Waals surface area contributed by atoms with Crippen molar-refractivity contribution in [1.29, 1.82) is 0 Å². The summed E-state index contributed by atoms with van der Waals surface area (Å²) in [7, 11) is 6.64. The lowest BCUT2D eigenvalue weighted by molar-refractivity contribution is 0.0866. The molecule has 2 aliphatic rings. The lowest BCUT2D eigenvalue weighted by Crippen LogP contribution is -2.39. The highest BCUT2D eigenvalue weighted by molar-refractivity contribution is 5.99. The van der Waals surface area contributed by atoms with Gasteiger partial charge >= 0.3 is 0 Å². The summed E-state index contributed by atoms with van der Waals surface area (Å²) in [6.45, 7) is 4.08. The Morgan fingerprint density at radius 3 is 1.02 bits per heavy atom. The van der Waals surface area contributed by atoms with Crippen LogP contribution in [0.2, 0.25) is 0 Å². The van der Waals surface area contributed by atoms with Crippen LogP contribution in [0.5, 0.6) is 23.0 Å². The Labute approximate surface area is 264 Å². The molecular weight excluding hydrogens is 568 g/mol. The van der Waals surface area contributed by atoms with E-state index in [1.165, 1.54) is 0 Å². The van der Waals surface area contributed by atoms with Gasteiger partial charge in [0.2, 0.25) is 0 Å². The van der Waals surface area contributed by atoms with Gasteiger partial charge in [0.15, 0.2) is 23.0 Å². The average molecular weight is 607 g/mol. The van der Waals surface area contributed by atoms with Crippen molar-refractivity contribution in [3.8, 4) is 23.0 Å². The van der Waals surface area contributed by atoms with Gasteiger partial charge < -0.3 is 28.4 Å². The number of hydrogen-bond acceptors (Lipinski definition) is 8. The first-order valence-corrected chi connectivity index (χ1v) is 15.0. The first-order valence-electron chi connectivity index (χ1n) is 15.0. The van der Waals surface area contributed by atoms with E-state index in [9.17, 15) is 0 Å². The van der Waals surface area contributed by atoms with Gasteiger partial charge in [0.1, 0.15) is 23.0 Å². The number of aliphatic imine (C=N–C) groups is 2. The molecule has 2 atom stereocenters. The summed E-state index contributed by atoms with van der Waals surface area (Å²) in [4.78, 5) is 10.1. The zero-order valence-corrected chi connectivity index (χ0v) is 26.4. The molecule has 8 nitrogen and oxygen atoms in total. The van der Waals surface area contributed by atoms with Crippen LogP contribution in [0.15, 0.2) is 107 Å². The lowest BCUT2D eigenvalue weighted by Gasteiger charge is -2.35. The first kappa shape index (κ1) is 30.1. The Balaban J connectivity index is 1.41. The number of hydrogen-bond donors (Lipinski definition) is 0. The SMILES string of the molecule is COc1ccccc1C1(c2ccccc2OC)OC(CC2=N[C@H](C)C(c3ccccc3OC)(c3ccccc3OC)O2)=N[C@@H]1C. The molecule has 0 aliphatic carbocycles. The summed E-state index contributed by atoms with van der Waals surface area (Å²) in [6.07, 6.45) is 0.243. The van der Waals surface area contributed by atoms with Crippen molar-refractivity contribution in [3.05, 3.63) is 119 Å². The van der Waals surface area contributed by atoms with Crippen molar-refractivity contribution >= 4 is 11.8 Å².